The van der Waals surface area contributed by atoms with Crippen LogP contribution in [-0.4, -0.2) is 32.1 Å². The number of hydrogen-bond donors (Lipinski definition) is 3. The summed E-state index contributed by atoms with van der Waals surface area (Å²) in [4.78, 5) is 15.9. The SMILES string of the molecule is CCNC(=NCc1cccc(C(N)=O)c1)Nc1ccc(OC)c(OCC)c1.I. The average molecular weight is 498 g/mol. The van der Waals surface area contributed by atoms with Gasteiger partial charge in [0.05, 0.1) is 20.3 Å². The number of anilines is 1. The lowest BCUT2D eigenvalue weighted by molar-refractivity contribution is 0.1000. The second-order valence-corrected chi connectivity index (χ2v) is 5.68. The first-order valence-electron chi connectivity index (χ1n) is 8.82. The molecule has 0 radical (unpaired) electrons. The van der Waals surface area contributed by atoms with Gasteiger partial charge in [0.25, 0.3) is 0 Å². The first-order chi connectivity index (χ1) is 13.1. The molecule has 0 spiro atoms. The molecule has 0 aliphatic carbocycles. The van der Waals surface area contributed by atoms with Crippen LogP contribution in [0, 0.1) is 0 Å². The van der Waals surface area contributed by atoms with E-state index in [4.69, 9.17) is 15.2 Å². The number of primary amides is 1. The molecule has 0 saturated carbocycles. The molecule has 1 amide bonds. The summed E-state index contributed by atoms with van der Waals surface area (Å²) in [6.07, 6.45) is 0. The normalized spacial score (nSPS) is 10.6. The van der Waals surface area contributed by atoms with Gasteiger partial charge in [-0.15, -0.1) is 24.0 Å². The first-order valence-corrected chi connectivity index (χ1v) is 8.82. The number of benzene rings is 2. The smallest absolute Gasteiger partial charge is 0.248 e. The van der Waals surface area contributed by atoms with Crippen molar-refractivity contribution >= 4 is 41.5 Å². The van der Waals surface area contributed by atoms with E-state index in [0.29, 0.717) is 42.7 Å². The number of ether oxygens (including phenoxy) is 2. The molecule has 152 valence electrons. The van der Waals surface area contributed by atoms with Crippen LogP contribution in [0.5, 0.6) is 11.5 Å². The number of nitrogens with two attached hydrogens (primary N) is 1. The molecule has 0 fully saturated rings. The number of methoxy groups -OCH3 is 1. The summed E-state index contributed by atoms with van der Waals surface area (Å²) in [5.74, 6) is 1.50. The highest BCUT2D eigenvalue weighted by atomic mass is 127. The number of nitrogens with one attached hydrogen (secondary N) is 2. The van der Waals surface area contributed by atoms with Crippen LogP contribution in [0.1, 0.15) is 29.8 Å². The molecule has 0 atom stereocenters. The Hall–Kier alpha value is -2.49. The van der Waals surface area contributed by atoms with Gasteiger partial charge in [-0.25, -0.2) is 4.99 Å². The zero-order valence-corrected chi connectivity index (χ0v) is 18.7. The highest BCUT2D eigenvalue weighted by Gasteiger charge is 2.07. The zero-order valence-electron chi connectivity index (χ0n) is 16.3. The van der Waals surface area contributed by atoms with Crippen molar-refractivity contribution in [1.82, 2.24) is 5.32 Å². The molecule has 0 aliphatic heterocycles. The van der Waals surface area contributed by atoms with Gasteiger partial charge in [-0.2, -0.15) is 0 Å². The Morgan fingerprint density at radius 2 is 1.93 bits per heavy atom. The Bertz CT molecular complexity index is 812. The minimum absolute atomic E-state index is 0. The van der Waals surface area contributed by atoms with Gasteiger partial charge in [-0.3, -0.25) is 4.79 Å². The van der Waals surface area contributed by atoms with Crippen molar-refractivity contribution in [1.29, 1.82) is 0 Å². The van der Waals surface area contributed by atoms with E-state index in [-0.39, 0.29) is 24.0 Å². The minimum atomic E-state index is -0.451. The molecule has 8 heteroatoms. The van der Waals surface area contributed by atoms with Crippen LogP contribution in [0.2, 0.25) is 0 Å². The summed E-state index contributed by atoms with van der Waals surface area (Å²) in [5, 5.41) is 6.44. The first kappa shape index (κ1) is 23.5. The third kappa shape index (κ3) is 6.91. The van der Waals surface area contributed by atoms with Crippen LogP contribution in [0.25, 0.3) is 0 Å². The van der Waals surface area contributed by atoms with E-state index in [9.17, 15) is 4.79 Å². The number of halogens is 1. The molecule has 7 nitrogen and oxygen atoms in total. The molecule has 0 unspecified atom stereocenters. The number of nitrogens with zero attached hydrogens (tertiary/aromatic N) is 1. The van der Waals surface area contributed by atoms with E-state index in [1.165, 1.54) is 0 Å². The van der Waals surface area contributed by atoms with E-state index in [1.54, 1.807) is 25.3 Å². The van der Waals surface area contributed by atoms with Crippen molar-refractivity contribution in [3.63, 3.8) is 0 Å². The Morgan fingerprint density at radius 1 is 1.14 bits per heavy atom. The molecule has 2 rings (SSSR count). The number of aliphatic imine (C=N–C) groups is 1. The lowest BCUT2D eigenvalue weighted by Gasteiger charge is -2.14. The largest absolute Gasteiger partial charge is 0.493 e. The lowest BCUT2D eigenvalue weighted by Crippen LogP contribution is -2.30. The maximum Gasteiger partial charge on any atom is 0.248 e. The number of guanidine groups is 1. The Balaban J connectivity index is 0.00000392. The molecular weight excluding hydrogens is 471 g/mol. The van der Waals surface area contributed by atoms with Crippen molar-refractivity contribution in [2.24, 2.45) is 10.7 Å². The summed E-state index contributed by atoms with van der Waals surface area (Å²) >= 11 is 0. The summed E-state index contributed by atoms with van der Waals surface area (Å²) in [6, 6.07) is 12.7. The lowest BCUT2D eigenvalue weighted by atomic mass is 10.1. The van der Waals surface area contributed by atoms with Crippen LogP contribution >= 0.6 is 24.0 Å². The molecule has 28 heavy (non-hydrogen) atoms. The molecule has 0 aliphatic rings. The Labute approximate surface area is 182 Å². The van der Waals surface area contributed by atoms with Gasteiger partial charge in [0.2, 0.25) is 5.91 Å². The van der Waals surface area contributed by atoms with Crippen molar-refractivity contribution < 1.29 is 14.3 Å². The standard InChI is InChI=1S/C20H26N4O3.HI/c1-4-22-20(23-13-14-7-6-8-15(11-14)19(21)25)24-16-9-10-17(26-3)18(12-16)27-5-2;/h6-12H,4-5,13H2,1-3H3,(H2,21,25)(H2,22,23,24);1H. The second kappa shape index (κ2) is 12.1. The quantitative estimate of drug-likeness (QED) is 0.295. The third-order valence-corrected chi connectivity index (χ3v) is 3.70. The molecule has 2 aromatic rings. The summed E-state index contributed by atoms with van der Waals surface area (Å²) in [7, 11) is 1.61. The minimum Gasteiger partial charge on any atom is -0.493 e. The molecule has 0 saturated heterocycles. The number of hydrogen-bond acceptors (Lipinski definition) is 4. The highest BCUT2D eigenvalue weighted by molar-refractivity contribution is 14.0. The zero-order chi connectivity index (χ0) is 19.6. The predicted octanol–water partition coefficient (Wildman–Crippen LogP) is 3.39. The maximum atomic E-state index is 11.3. The van der Waals surface area contributed by atoms with E-state index < -0.39 is 5.91 Å². The van der Waals surface area contributed by atoms with E-state index >= 15 is 0 Å². The van der Waals surface area contributed by atoms with Crippen LogP contribution in [0.15, 0.2) is 47.5 Å². The number of carbonyl (C=O) groups excluding carboxylic acids is 1. The fourth-order valence-corrected chi connectivity index (χ4v) is 2.46. The van der Waals surface area contributed by atoms with Gasteiger partial charge in [0, 0.05) is 23.9 Å². The van der Waals surface area contributed by atoms with Gasteiger partial charge in [-0.1, -0.05) is 12.1 Å². The molecular formula is C20H27IN4O3. The van der Waals surface area contributed by atoms with Crippen LogP contribution in [-0.2, 0) is 6.54 Å². The van der Waals surface area contributed by atoms with Crippen LogP contribution in [0.4, 0.5) is 5.69 Å². The van der Waals surface area contributed by atoms with Gasteiger partial charge in [0.1, 0.15) is 0 Å². The van der Waals surface area contributed by atoms with Gasteiger partial charge in [0.15, 0.2) is 17.5 Å². The van der Waals surface area contributed by atoms with E-state index in [0.717, 1.165) is 11.3 Å². The number of rotatable bonds is 8. The fourth-order valence-electron chi connectivity index (χ4n) is 2.46. The molecule has 0 heterocycles. The van der Waals surface area contributed by atoms with Crippen LogP contribution < -0.4 is 25.8 Å². The van der Waals surface area contributed by atoms with Gasteiger partial charge >= 0.3 is 0 Å². The monoisotopic (exact) mass is 498 g/mol. The van der Waals surface area contributed by atoms with Crippen molar-refractivity contribution in [3.05, 3.63) is 53.6 Å². The summed E-state index contributed by atoms with van der Waals surface area (Å²) in [5.41, 5.74) is 7.52. The molecule has 4 N–H and O–H groups in total. The Morgan fingerprint density at radius 3 is 2.57 bits per heavy atom. The van der Waals surface area contributed by atoms with Crippen LogP contribution in [0.3, 0.4) is 0 Å². The summed E-state index contributed by atoms with van der Waals surface area (Å²) < 4.78 is 10.9. The van der Waals surface area contributed by atoms with Gasteiger partial charge in [-0.05, 0) is 43.7 Å². The predicted molar refractivity (Wildman–Crippen MR) is 123 cm³/mol. The van der Waals surface area contributed by atoms with E-state index in [1.807, 2.05) is 38.1 Å². The molecule has 0 aromatic heterocycles. The maximum absolute atomic E-state index is 11.3. The molecule has 0 bridgehead atoms. The average Bonchev–Trinajstić information content (AvgIpc) is 2.67. The third-order valence-electron chi connectivity index (χ3n) is 3.70. The van der Waals surface area contributed by atoms with Crippen molar-refractivity contribution in [2.45, 2.75) is 20.4 Å². The Kier molecular flexibility index (Phi) is 10.1. The fraction of sp³-hybridized carbons (Fsp3) is 0.300. The second-order valence-electron chi connectivity index (χ2n) is 5.68. The summed E-state index contributed by atoms with van der Waals surface area (Å²) in [6.45, 7) is 5.58. The van der Waals surface area contributed by atoms with E-state index in [2.05, 4.69) is 15.6 Å². The number of amides is 1. The van der Waals surface area contributed by atoms with Crippen molar-refractivity contribution in [2.75, 3.05) is 25.6 Å². The molecule has 2 aromatic carbocycles. The highest BCUT2D eigenvalue weighted by Crippen LogP contribution is 2.30. The van der Waals surface area contributed by atoms with Gasteiger partial charge < -0.3 is 25.8 Å². The van der Waals surface area contributed by atoms with Crippen molar-refractivity contribution in [3.8, 4) is 11.5 Å². The number of carbonyl (C=O) groups is 1. The topological polar surface area (TPSA) is 98.0 Å².